The van der Waals surface area contributed by atoms with E-state index in [1.807, 2.05) is 29.2 Å². The molecule has 0 aliphatic carbocycles. The molecule has 0 atom stereocenters. The maximum atomic E-state index is 12.7. The van der Waals surface area contributed by atoms with Gasteiger partial charge in [-0.2, -0.15) is 0 Å². The number of amides is 1. The molecule has 0 saturated carbocycles. The first kappa shape index (κ1) is 23.0. The average molecular weight is 494 g/mol. The molecule has 1 amide bonds. The third kappa shape index (κ3) is 6.02. The van der Waals surface area contributed by atoms with E-state index >= 15 is 0 Å². The van der Waals surface area contributed by atoms with Gasteiger partial charge in [-0.25, -0.2) is 4.98 Å². The van der Waals surface area contributed by atoms with Crippen molar-refractivity contribution < 1.29 is 9.21 Å². The lowest BCUT2D eigenvalue weighted by Crippen LogP contribution is -2.49. The van der Waals surface area contributed by atoms with E-state index in [9.17, 15) is 4.79 Å². The fourth-order valence-electron chi connectivity index (χ4n) is 4.01. The summed E-state index contributed by atoms with van der Waals surface area (Å²) in [6.07, 6.45) is 2.45. The Balaban J connectivity index is 1.02. The number of aromatic nitrogens is 3. The smallest absolute Gasteiger partial charge is 0.277 e. The van der Waals surface area contributed by atoms with Crippen LogP contribution in [0.5, 0.6) is 0 Å². The van der Waals surface area contributed by atoms with Crippen LogP contribution in [0, 0.1) is 0 Å². The third-order valence-electron chi connectivity index (χ3n) is 5.94. The number of fused-ring (bicyclic) bond motifs is 1. The summed E-state index contributed by atoms with van der Waals surface area (Å²) in [5, 5.41) is 9.76. The van der Waals surface area contributed by atoms with Gasteiger partial charge in [0.1, 0.15) is 0 Å². The van der Waals surface area contributed by atoms with Crippen LogP contribution in [0.2, 0.25) is 0 Å². The van der Waals surface area contributed by atoms with Gasteiger partial charge in [0, 0.05) is 45.6 Å². The number of hydrogen-bond acceptors (Lipinski definition) is 8. The molecule has 3 heterocycles. The Hall–Kier alpha value is -2.75. The largest absolute Gasteiger partial charge is 0.416 e. The van der Waals surface area contributed by atoms with Crippen LogP contribution in [0.25, 0.3) is 10.2 Å². The van der Waals surface area contributed by atoms with Crippen molar-refractivity contribution in [1.29, 1.82) is 0 Å². The van der Waals surface area contributed by atoms with Crippen molar-refractivity contribution in [2.75, 3.05) is 38.5 Å². The van der Waals surface area contributed by atoms with Crippen LogP contribution in [-0.2, 0) is 24.1 Å². The number of nitrogens with zero attached hydrogens (tertiary/aromatic N) is 5. The number of benzene rings is 2. The van der Waals surface area contributed by atoms with Crippen molar-refractivity contribution in [1.82, 2.24) is 25.0 Å². The lowest BCUT2D eigenvalue weighted by molar-refractivity contribution is -0.130. The maximum Gasteiger partial charge on any atom is 0.277 e. The molecule has 0 bridgehead atoms. The van der Waals surface area contributed by atoms with Crippen LogP contribution in [0.3, 0.4) is 0 Å². The molecule has 2 aromatic carbocycles. The molecule has 0 radical (unpaired) electrons. The van der Waals surface area contributed by atoms with Gasteiger partial charge in [-0.1, -0.05) is 54.2 Å². The average Bonchev–Trinajstić information content (AvgIpc) is 3.52. The number of rotatable bonds is 9. The minimum atomic E-state index is 0.127. The SMILES string of the molecule is O=C(CSc1nnc(CCc2nc3ccccc3s2)o1)N1CCN(CCc2ccccc2)CC1. The molecule has 0 unspecified atom stereocenters. The molecule has 1 fully saturated rings. The summed E-state index contributed by atoms with van der Waals surface area (Å²) in [4.78, 5) is 21.7. The predicted octanol–water partition coefficient (Wildman–Crippen LogP) is 3.94. The standard InChI is InChI=1S/C25H27N5O2S2/c31-24(30-16-14-29(15-17-30)13-12-19-6-2-1-3-7-19)18-33-25-28-27-22(32-25)10-11-23-26-20-8-4-5-9-21(20)34-23/h1-9H,10-18H2. The van der Waals surface area contributed by atoms with Crippen molar-refractivity contribution in [3.8, 4) is 0 Å². The van der Waals surface area contributed by atoms with Crippen molar-refractivity contribution >= 4 is 39.2 Å². The summed E-state index contributed by atoms with van der Waals surface area (Å²) in [6.45, 7) is 4.40. The third-order valence-corrected chi connectivity index (χ3v) is 7.84. The van der Waals surface area contributed by atoms with Gasteiger partial charge in [0.2, 0.25) is 11.8 Å². The first-order valence-corrected chi connectivity index (χ1v) is 13.4. The zero-order valence-corrected chi connectivity index (χ0v) is 20.6. The number of thiazole rings is 1. The van der Waals surface area contributed by atoms with E-state index in [0.29, 0.717) is 23.3 Å². The molecule has 34 heavy (non-hydrogen) atoms. The highest BCUT2D eigenvalue weighted by atomic mass is 32.2. The molecular formula is C25H27N5O2S2. The molecule has 1 saturated heterocycles. The highest BCUT2D eigenvalue weighted by molar-refractivity contribution is 7.99. The van der Waals surface area contributed by atoms with Crippen LogP contribution in [0.1, 0.15) is 16.5 Å². The van der Waals surface area contributed by atoms with Gasteiger partial charge in [-0.15, -0.1) is 21.5 Å². The Morgan fingerprint density at radius 2 is 1.74 bits per heavy atom. The van der Waals surface area contributed by atoms with Gasteiger partial charge in [-0.05, 0) is 24.1 Å². The van der Waals surface area contributed by atoms with Crippen molar-refractivity contribution in [2.45, 2.75) is 24.5 Å². The first-order valence-electron chi connectivity index (χ1n) is 11.6. The molecule has 176 valence electrons. The second-order valence-corrected chi connectivity index (χ2v) is 10.3. The molecule has 5 rings (SSSR count). The second-order valence-electron chi connectivity index (χ2n) is 8.28. The normalized spacial score (nSPS) is 14.6. The van der Waals surface area contributed by atoms with E-state index in [2.05, 4.69) is 50.4 Å². The molecule has 7 nitrogen and oxygen atoms in total. The van der Waals surface area contributed by atoms with Gasteiger partial charge in [-0.3, -0.25) is 9.69 Å². The molecule has 2 aromatic heterocycles. The number of aryl methyl sites for hydroxylation is 2. The van der Waals surface area contributed by atoms with Crippen molar-refractivity contribution in [2.24, 2.45) is 0 Å². The van der Waals surface area contributed by atoms with Gasteiger partial charge in [0.05, 0.1) is 21.0 Å². The number of thioether (sulfide) groups is 1. The van der Waals surface area contributed by atoms with E-state index in [1.165, 1.54) is 22.0 Å². The molecule has 0 N–H and O–H groups in total. The van der Waals surface area contributed by atoms with Crippen molar-refractivity contribution in [3.05, 3.63) is 71.1 Å². The predicted molar refractivity (Wildman–Crippen MR) is 135 cm³/mol. The van der Waals surface area contributed by atoms with Gasteiger partial charge < -0.3 is 9.32 Å². The maximum absolute atomic E-state index is 12.7. The zero-order valence-electron chi connectivity index (χ0n) is 18.9. The summed E-state index contributed by atoms with van der Waals surface area (Å²) in [5.74, 6) is 1.03. The van der Waals surface area contributed by atoms with E-state index in [1.54, 1.807) is 11.3 Å². The number of piperazine rings is 1. The summed E-state index contributed by atoms with van der Waals surface area (Å²) in [5.41, 5.74) is 2.39. The van der Waals surface area contributed by atoms with E-state index in [0.717, 1.165) is 56.1 Å². The van der Waals surface area contributed by atoms with E-state index in [-0.39, 0.29) is 5.91 Å². The van der Waals surface area contributed by atoms with Crippen LogP contribution in [0.15, 0.2) is 64.2 Å². The summed E-state index contributed by atoms with van der Waals surface area (Å²) in [7, 11) is 0. The lowest BCUT2D eigenvalue weighted by atomic mass is 10.1. The molecule has 1 aliphatic heterocycles. The fourth-order valence-corrected chi connectivity index (χ4v) is 5.66. The molecular weight excluding hydrogens is 466 g/mol. The summed E-state index contributed by atoms with van der Waals surface area (Å²) >= 11 is 3.01. The van der Waals surface area contributed by atoms with E-state index in [4.69, 9.17) is 4.42 Å². The molecule has 4 aromatic rings. The van der Waals surface area contributed by atoms with Gasteiger partial charge in [0.15, 0.2) is 0 Å². The molecule has 9 heteroatoms. The topological polar surface area (TPSA) is 75.4 Å². The molecule has 1 aliphatic rings. The molecule has 0 spiro atoms. The monoisotopic (exact) mass is 493 g/mol. The number of carbonyl (C=O) groups excluding carboxylic acids is 1. The number of hydrogen-bond donors (Lipinski definition) is 0. The highest BCUT2D eigenvalue weighted by Gasteiger charge is 2.21. The Kier molecular flexibility index (Phi) is 7.52. The van der Waals surface area contributed by atoms with Crippen LogP contribution in [-0.4, -0.2) is 69.4 Å². The van der Waals surface area contributed by atoms with Gasteiger partial charge >= 0.3 is 0 Å². The minimum absolute atomic E-state index is 0.127. The Bertz CT molecular complexity index is 1190. The first-order chi connectivity index (χ1) is 16.7. The van der Waals surface area contributed by atoms with E-state index < -0.39 is 0 Å². The minimum Gasteiger partial charge on any atom is -0.416 e. The van der Waals surface area contributed by atoms with Crippen LogP contribution < -0.4 is 0 Å². The number of para-hydroxylation sites is 1. The van der Waals surface area contributed by atoms with Crippen molar-refractivity contribution in [3.63, 3.8) is 0 Å². The zero-order chi connectivity index (χ0) is 23.2. The quantitative estimate of drug-likeness (QED) is 0.327. The van der Waals surface area contributed by atoms with Crippen LogP contribution in [0.4, 0.5) is 0 Å². The number of carbonyl (C=O) groups is 1. The fraction of sp³-hybridized carbons (Fsp3) is 0.360. The Morgan fingerprint density at radius 1 is 0.941 bits per heavy atom. The van der Waals surface area contributed by atoms with Crippen LogP contribution >= 0.6 is 23.1 Å². The Labute approximate surface area is 207 Å². The second kappa shape index (κ2) is 11.1. The summed E-state index contributed by atoms with van der Waals surface area (Å²) in [6, 6.07) is 18.7. The van der Waals surface area contributed by atoms with Gasteiger partial charge in [0.25, 0.3) is 5.22 Å². The highest BCUT2D eigenvalue weighted by Crippen LogP contribution is 2.23. The Morgan fingerprint density at radius 3 is 2.56 bits per heavy atom. The summed E-state index contributed by atoms with van der Waals surface area (Å²) < 4.78 is 6.94. The lowest BCUT2D eigenvalue weighted by Gasteiger charge is -2.34.